The number of aryl methyl sites for hydroxylation is 2. The van der Waals surface area contributed by atoms with Crippen molar-refractivity contribution < 1.29 is 13.2 Å². The molecule has 6 heteroatoms. The molecule has 2 rings (SSSR count). The normalized spacial score (nSPS) is 16.9. The Hall–Kier alpha value is -0.780. The molecule has 1 aliphatic heterocycles. The lowest BCUT2D eigenvalue weighted by molar-refractivity contribution is 0.182. The van der Waals surface area contributed by atoms with Crippen LogP contribution in [0.3, 0.4) is 0 Å². The predicted molar refractivity (Wildman–Crippen MR) is 84.7 cm³/mol. The van der Waals surface area contributed by atoms with Crippen molar-refractivity contribution in [2.75, 3.05) is 26.2 Å². The van der Waals surface area contributed by atoms with Gasteiger partial charge in [0, 0.05) is 17.2 Å². The Bertz CT molecular complexity index is 572. The maximum atomic E-state index is 11.4. The summed E-state index contributed by atoms with van der Waals surface area (Å²) < 4.78 is 28.6. The van der Waals surface area contributed by atoms with Crippen LogP contribution in [0.15, 0.2) is 17.0 Å². The van der Waals surface area contributed by atoms with Gasteiger partial charge in [0.05, 0.1) is 4.90 Å². The molecule has 1 saturated heterocycles. The Balaban J connectivity index is 2.00. The number of rotatable bonds is 5. The third kappa shape index (κ3) is 4.59. The van der Waals surface area contributed by atoms with Crippen LogP contribution in [0.25, 0.3) is 0 Å². The Morgan fingerprint density at radius 2 is 1.71 bits per heavy atom. The second-order valence-corrected chi connectivity index (χ2v) is 8.14. The van der Waals surface area contributed by atoms with Crippen LogP contribution in [0.1, 0.15) is 30.4 Å². The Morgan fingerprint density at radius 3 is 2.24 bits per heavy atom. The highest BCUT2D eigenvalue weighted by molar-refractivity contribution is 8.13. The van der Waals surface area contributed by atoms with Gasteiger partial charge in [0.25, 0.3) is 9.05 Å². The molecule has 0 spiro atoms. The highest BCUT2D eigenvalue weighted by atomic mass is 35.7. The maximum absolute atomic E-state index is 11.4. The molecule has 0 N–H and O–H groups in total. The van der Waals surface area contributed by atoms with E-state index >= 15 is 0 Å². The molecule has 0 amide bonds. The van der Waals surface area contributed by atoms with E-state index in [1.54, 1.807) is 12.1 Å². The molecule has 1 aromatic carbocycles. The van der Waals surface area contributed by atoms with Gasteiger partial charge in [-0.05, 0) is 63.0 Å². The lowest BCUT2D eigenvalue weighted by Gasteiger charge is -2.26. The maximum Gasteiger partial charge on any atom is 0.261 e. The van der Waals surface area contributed by atoms with Crippen LogP contribution >= 0.6 is 10.7 Å². The van der Waals surface area contributed by atoms with Crippen LogP contribution in [-0.2, 0) is 9.05 Å². The largest absolute Gasteiger partial charge is 0.492 e. The zero-order valence-electron chi connectivity index (χ0n) is 12.6. The van der Waals surface area contributed by atoms with Crippen LogP contribution in [0.4, 0.5) is 0 Å². The lowest BCUT2D eigenvalue weighted by atomic mass is 10.1. The molecule has 0 bridgehead atoms. The Kier molecular flexibility index (Phi) is 5.52. The zero-order valence-corrected chi connectivity index (χ0v) is 14.1. The second-order valence-electron chi connectivity index (χ2n) is 5.57. The first kappa shape index (κ1) is 16.6. The summed E-state index contributed by atoms with van der Waals surface area (Å²) in [4.78, 5) is 2.54. The summed E-state index contributed by atoms with van der Waals surface area (Å²) in [5, 5.41) is 0. The number of benzene rings is 1. The topological polar surface area (TPSA) is 46.6 Å². The van der Waals surface area contributed by atoms with Crippen molar-refractivity contribution in [2.45, 2.75) is 38.0 Å². The third-order valence-corrected chi connectivity index (χ3v) is 5.15. The molecular formula is C15H22ClNO3S. The molecule has 0 unspecified atom stereocenters. The summed E-state index contributed by atoms with van der Waals surface area (Å²) >= 11 is 0. The summed E-state index contributed by atoms with van der Waals surface area (Å²) in [5.41, 5.74) is 1.60. The first-order valence-electron chi connectivity index (χ1n) is 7.29. The van der Waals surface area contributed by atoms with Gasteiger partial charge in [-0.1, -0.05) is 6.42 Å². The lowest BCUT2D eigenvalue weighted by Crippen LogP contribution is -2.33. The number of halogens is 1. The van der Waals surface area contributed by atoms with Gasteiger partial charge in [-0.15, -0.1) is 0 Å². The smallest absolute Gasteiger partial charge is 0.261 e. The van der Waals surface area contributed by atoms with Crippen molar-refractivity contribution in [3.63, 3.8) is 0 Å². The molecule has 118 valence electrons. The van der Waals surface area contributed by atoms with Gasteiger partial charge in [0.15, 0.2) is 0 Å². The Morgan fingerprint density at radius 1 is 1.14 bits per heavy atom. The number of hydrogen-bond donors (Lipinski definition) is 0. The minimum absolute atomic E-state index is 0.127. The fraction of sp³-hybridized carbons (Fsp3) is 0.600. The molecule has 0 radical (unpaired) electrons. The molecule has 0 atom stereocenters. The molecule has 4 nitrogen and oxygen atoms in total. The van der Waals surface area contributed by atoms with Crippen molar-refractivity contribution in [3.8, 4) is 5.75 Å². The zero-order chi connectivity index (χ0) is 15.5. The van der Waals surface area contributed by atoms with Crippen molar-refractivity contribution in [2.24, 2.45) is 0 Å². The summed E-state index contributed by atoms with van der Waals surface area (Å²) in [6.07, 6.45) is 3.85. The molecular weight excluding hydrogens is 310 g/mol. The van der Waals surface area contributed by atoms with Crippen molar-refractivity contribution in [1.82, 2.24) is 4.90 Å². The van der Waals surface area contributed by atoms with Gasteiger partial charge >= 0.3 is 0 Å². The first-order chi connectivity index (χ1) is 9.88. The summed E-state index contributed by atoms with van der Waals surface area (Å²) in [7, 11) is 1.69. The fourth-order valence-electron chi connectivity index (χ4n) is 2.74. The van der Waals surface area contributed by atoms with Crippen LogP contribution in [0.2, 0.25) is 0 Å². The Labute approximate surface area is 131 Å². The number of nitrogens with zero attached hydrogens (tertiary/aromatic N) is 1. The van der Waals surface area contributed by atoms with Gasteiger partial charge in [0.2, 0.25) is 0 Å². The number of ether oxygens (including phenoxy) is 1. The van der Waals surface area contributed by atoms with E-state index in [1.165, 1.54) is 19.3 Å². The molecule has 1 heterocycles. The van der Waals surface area contributed by atoms with Gasteiger partial charge in [-0.3, -0.25) is 4.90 Å². The SMILES string of the molecule is Cc1cc(S(=O)(=O)Cl)cc(C)c1OCCN1CCCCC1. The van der Waals surface area contributed by atoms with Crippen molar-refractivity contribution in [1.29, 1.82) is 0 Å². The molecule has 21 heavy (non-hydrogen) atoms. The predicted octanol–water partition coefficient (Wildman–Crippen LogP) is 3.10. The quantitative estimate of drug-likeness (QED) is 0.778. The van der Waals surface area contributed by atoms with E-state index in [4.69, 9.17) is 15.4 Å². The third-order valence-electron chi connectivity index (χ3n) is 3.82. The van der Waals surface area contributed by atoms with E-state index in [2.05, 4.69) is 4.90 Å². The number of likely N-dealkylation sites (tertiary alicyclic amines) is 1. The van der Waals surface area contributed by atoms with Gasteiger partial charge in [0.1, 0.15) is 12.4 Å². The van der Waals surface area contributed by atoms with Gasteiger partial charge < -0.3 is 4.74 Å². The van der Waals surface area contributed by atoms with E-state index < -0.39 is 9.05 Å². The van der Waals surface area contributed by atoms with E-state index in [9.17, 15) is 8.42 Å². The van der Waals surface area contributed by atoms with Gasteiger partial charge in [-0.25, -0.2) is 8.42 Å². The summed E-state index contributed by atoms with van der Waals surface area (Å²) in [6, 6.07) is 3.12. The molecule has 1 fully saturated rings. The first-order valence-corrected chi connectivity index (χ1v) is 9.60. The summed E-state index contributed by atoms with van der Waals surface area (Å²) in [5.74, 6) is 0.760. The second kappa shape index (κ2) is 6.99. The highest BCUT2D eigenvalue weighted by Crippen LogP contribution is 2.28. The van der Waals surface area contributed by atoms with E-state index in [0.29, 0.717) is 6.61 Å². The van der Waals surface area contributed by atoms with Crippen LogP contribution in [0, 0.1) is 13.8 Å². The van der Waals surface area contributed by atoms with Crippen molar-refractivity contribution >= 4 is 19.7 Å². The van der Waals surface area contributed by atoms with Crippen LogP contribution in [-0.4, -0.2) is 39.6 Å². The minimum atomic E-state index is -3.69. The highest BCUT2D eigenvalue weighted by Gasteiger charge is 2.15. The fourth-order valence-corrected chi connectivity index (χ4v) is 3.64. The average Bonchev–Trinajstić information content (AvgIpc) is 2.42. The van der Waals surface area contributed by atoms with Crippen LogP contribution in [0.5, 0.6) is 5.75 Å². The monoisotopic (exact) mass is 331 g/mol. The van der Waals surface area contributed by atoms with Crippen molar-refractivity contribution in [3.05, 3.63) is 23.3 Å². The standard InChI is InChI=1S/C15H22ClNO3S/c1-12-10-14(21(16,18)19)11-13(2)15(12)20-9-8-17-6-4-3-5-7-17/h10-11H,3-9H2,1-2H3. The molecule has 1 aliphatic rings. The molecule has 0 aromatic heterocycles. The van der Waals surface area contributed by atoms with E-state index in [1.807, 2.05) is 13.8 Å². The van der Waals surface area contributed by atoms with E-state index in [0.717, 1.165) is 36.5 Å². The number of hydrogen-bond acceptors (Lipinski definition) is 4. The van der Waals surface area contributed by atoms with E-state index in [-0.39, 0.29) is 4.90 Å². The molecule has 0 aliphatic carbocycles. The summed E-state index contributed by atoms with van der Waals surface area (Å²) in [6.45, 7) is 7.50. The number of piperidine rings is 1. The van der Waals surface area contributed by atoms with Crippen LogP contribution < -0.4 is 4.74 Å². The van der Waals surface area contributed by atoms with Gasteiger partial charge in [-0.2, -0.15) is 0 Å². The average molecular weight is 332 g/mol. The molecule has 0 saturated carbocycles. The minimum Gasteiger partial charge on any atom is -0.492 e. The molecule has 1 aromatic rings.